The summed E-state index contributed by atoms with van der Waals surface area (Å²) < 4.78 is 0. The van der Waals surface area contributed by atoms with Gasteiger partial charge in [-0.3, -0.25) is 10.1 Å². The van der Waals surface area contributed by atoms with E-state index in [4.69, 9.17) is 0 Å². The molecule has 2 unspecified atom stereocenters. The minimum absolute atomic E-state index is 0.0710. The van der Waals surface area contributed by atoms with Crippen LogP contribution in [0.2, 0.25) is 0 Å². The topological polar surface area (TPSA) is 41.1 Å². The molecule has 0 spiro atoms. The van der Waals surface area contributed by atoms with E-state index >= 15 is 0 Å². The van der Waals surface area contributed by atoms with Crippen molar-refractivity contribution in [3.63, 3.8) is 0 Å². The number of hydrogen-bond acceptors (Lipinski definition) is 2. The highest BCUT2D eigenvalue weighted by atomic mass is 16.2. The van der Waals surface area contributed by atoms with Gasteiger partial charge in [0, 0.05) is 12.1 Å². The first kappa shape index (κ1) is 10.7. The highest BCUT2D eigenvalue weighted by molar-refractivity contribution is 5.81. The second-order valence-corrected chi connectivity index (χ2v) is 4.64. The molecule has 3 heteroatoms. The number of rotatable bonds is 4. The van der Waals surface area contributed by atoms with Crippen LogP contribution in [0.5, 0.6) is 0 Å². The minimum atomic E-state index is -0.0710. The van der Waals surface area contributed by atoms with Crippen molar-refractivity contribution >= 4 is 5.91 Å². The van der Waals surface area contributed by atoms with Crippen molar-refractivity contribution in [1.29, 1.82) is 0 Å². The molecule has 2 N–H and O–H groups in total. The summed E-state index contributed by atoms with van der Waals surface area (Å²) >= 11 is 0. The summed E-state index contributed by atoms with van der Waals surface area (Å²) in [5.41, 5.74) is 0. The van der Waals surface area contributed by atoms with Crippen molar-refractivity contribution in [2.24, 2.45) is 0 Å². The molecular formula is C12H20N2O. The van der Waals surface area contributed by atoms with Crippen LogP contribution in [0, 0.1) is 0 Å². The van der Waals surface area contributed by atoms with Crippen LogP contribution in [0.3, 0.4) is 0 Å². The van der Waals surface area contributed by atoms with Gasteiger partial charge in [-0.2, -0.15) is 0 Å². The number of hydrogen-bond donors (Lipinski definition) is 2. The molecule has 2 aliphatic carbocycles. The molecule has 0 saturated heterocycles. The van der Waals surface area contributed by atoms with Gasteiger partial charge in [0.25, 0.3) is 0 Å². The fraction of sp³-hybridized carbons (Fsp3) is 0.750. The van der Waals surface area contributed by atoms with Gasteiger partial charge in [-0.25, -0.2) is 0 Å². The zero-order valence-electron chi connectivity index (χ0n) is 9.33. The highest BCUT2D eigenvalue weighted by Gasteiger charge is 2.26. The first-order valence-corrected chi connectivity index (χ1v) is 5.99. The molecule has 0 aliphatic heterocycles. The van der Waals surface area contributed by atoms with Crippen LogP contribution in [0.1, 0.15) is 39.0 Å². The summed E-state index contributed by atoms with van der Waals surface area (Å²) in [6.07, 6.45) is 10.3. The largest absolute Gasteiger partial charge is 0.352 e. The molecule has 0 aromatic carbocycles. The number of amides is 1. The van der Waals surface area contributed by atoms with E-state index in [-0.39, 0.29) is 11.9 Å². The molecule has 2 rings (SSSR count). The zero-order chi connectivity index (χ0) is 10.7. The number of carbonyl (C=O) groups excluding carboxylic acids is 1. The highest BCUT2D eigenvalue weighted by Crippen LogP contribution is 2.18. The molecule has 84 valence electrons. The molecule has 0 bridgehead atoms. The van der Waals surface area contributed by atoms with Crippen LogP contribution in [-0.4, -0.2) is 24.0 Å². The maximum Gasteiger partial charge on any atom is 0.237 e. The van der Waals surface area contributed by atoms with Gasteiger partial charge in [-0.15, -0.1) is 0 Å². The van der Waals surface area contributed by atoms with Gasteiger partial charge in [0.2, 0.25) is 5.91 Å². The minimum Gasteiger partial charge on any atom is -0.352 e. The summed E-state index contributed by atoms with van der Waals surface area (Å²) in [5, 5.41) is 6.37. The Morgan fingerprint density at radius 1 is 1.40 bits per heavy atom. The SMILES string of the molecule is CC(NC1C=CCCC1)C(=O)NC1CC1. The summed E-state index contributed by atoms with van der Waals surface area (Å²) in [4.78, 5) is 11.7. The second kappa shape index (κ2) is 4.79. The summed E-state index contributed by atoms with van der Waals surface area (Å²) in [7, 11) is 0. The smallest absolute Gasteiger partial charge is 0.237 e. The molecule has 0 radical (unpaired) electrons. The lowest BCUT2D eigenvalue weighted by Gasteiger charge is -2.22. The Labute approximate surface area is 91.3 Å². The van der Waals surface area contributed by atoms with Crippen LogP contribution in [0.15, 0.2) is 12.2 Å². The first-order valence-electron chi connectivity index (χ1n) is 5.99. The average Bonchev–Trinajstić information content (AvgIpc) is 3.03. The predicted octanol–water partition coefficient (Wildman–Crippen LogP) is 1.35. The molecule has 2 atom stereocenters. The van der Waals surface area contributed by atoms with E-state index in [0.29, 0.717) is 12.1 Å². The predicted molar refractivity (Wildman–Crippen MR) is 60.5 cm³/mol. The normalized spacial score (nSPS) is 27.4. The summed E-state index contributed by atoms with van der Waals surface area (Å²) in [6, 6.07) is 0.778. The Balaban J connectivity index is 1.74. The van der Waals surface area contributed by atoms with Crippen molar-refractivity contribution in [1.82, 2.24) is 10.6 Å². The first-order chi connectivity index (χ1) is 7.25. The maximum absolute atomic E-state index is 11.7. The van der Waals surface area contributed by atoms with Crippen molar-refractivity contribution in [2.75, 3.05) is 0 Å². The van der Waals surface area contributed by atoms with Crippen molar-refractivity contribution < 1.29 is 4.79 Å². The van der Waals surface area contributed by atoms with Gasteiger partial charge in [0.15, 0.2) is 0 Å². The zero-order valence-corrected chi connectivity index (χ0v) is 9.33. The van der Waals surface area contributed by atoms with Crippen molar-refractivity contribution in [3.8, 4) is 0 Å². The quantitative estimate of drug-likeness (QED) is 0.685. The molecule has 2 aliphatic rings. The van der Waals surface area contributed by atoms with Gasteiger partial charge < -0.3 is 5.32 Å². The standard InChI is InChI=1S/C12H20N2O/c1-9(12(15)14-11-7-8-11)13-10-5-3-2-4-6-10/h3,5,9-11,13H,2,4,6-8H2,1H3,(H,14,15). The molecular weight excluding hydrogens is 188 g/mol. The Morgan fingerprint density at radius 2 is 2.20 bits per heavy atom. The Kier molecular flexibility index (Phi) is 3.41. The molecule has 0 aromatic rings. The molecule has 1 saturated carbocycles. The lowest BCUT2D eigenvalue weighted by molar-refractivity contribution is -0.123. The number of allylic oxidation sites excluding steroid dienone is 1. The fourth-order valence-electron chi connectivity index (χ4n) is 1.90. The molecule has 3 nitrogen and oxygen atoms in total. The third-order valence-electron chi connectivity index (χ3n) is 3.04. The van der Waals surface area contributed by atoms with Crippen LogP contribution in [0.4, 0.5) is 0 Å². The number of nitrogens with one attached hydrogen (secondary N) is 2. The van der Waals surface area contributed by atoms with Gasteiger partial charge in [-0.05, 0) is 39.0 Å². The van der Waals surface area contributed by atoms with Gasteiger partial charge in [0.1, 0.15) is 0 Å². The summed E-state index contributed by atoms with van der Waals surface area (Å²) in [5.74, 6) is 0.150. The molecule has 1 amide bonds. The van der Waals surface area contributed by atoms with Crippen molar-refractivity contribution in [3.05, 3.63) is 12.2 Å². The fourth-order valence-corrected chi connectivity index (χ4v) is 1.90. The summed E-state index contributed by atoms with van der Waals surface area (Å²) in [6.45, 7) is 1.94. The molecule has 1 fully saturated rings. The van der Waals surface area contributed by atoms with E-state index in [9.17, 15) is 4.79 Å². The third-order valence-corrected chi connectivity index (χ3v) is 3.04. The van der Waals surface area contributed by atoms with Gasteiger partial charge >= 0.3 is 0 Å². The molecule has 0 heterocycles. The Bertz CT molecular complexity index is 258. The average molecular weight is 208 g/mol. The van der Waals surface area contributed by atoms with E-state index in [2.05, 4.69) is 22.8 Å². The van der Waals surface area contributed by atoms with E-state index in [1.54, 1.807) is 0 Å². The number of carbonyl (C=O) groups is 1. The maximum atomic E-state index is 11.7. The monoisotopic (exact) mass is 208 g/mol. The van der Waals surface area contributed by atoms with Gasteiger partial charge in [0.05, 0.1) is 6.04 Å². The lowest BCUT2D eigenvalue weighted by atomic mass is 10.0. The second-order valence-electron chi connectivity index (χ2n) is 4.64. The van der Waals surface area contributed by atoms with E-state index in [0.717, 1.165) is 19.3 Å². The Hall–Kier alpha value is -0.830. The van der Waals surface area contributed by atoms with Crippen LogP contribution in [0.25, 0.3) is 0 Å². The van der Waals surface area contributed by atoms with Crippen molar-refractivity contribution in [2.45, 2.75) is 57.2 Å². The molecule has 15 heavy (non-hydrogen) atoms. The lowest BCUT2D eigenvalue weighted by Crippen LogP contribution is -2.46. The van der Waals surface area contributed by atoms with E-state index in [1.807, 2.05) is 6.92 Å². The van der Waals surface area contributed by atoms with E-state index < -0.39 is 0 Å². The third kappa shape index (κ3) is 3.34. The van der Waals surface area contributed by atoms with Crippen LogP contribution >= 0.6 is 0 Å². The molecule has 0 aromatic heterocycles. The van der Waals surface area contributed by atoms with E-state index in [1.165, 1.54) is 12.8 Å². The Morgan fingerprint density at radius 3 is 2.80 bits per heavy atom. The van der Waals surface area contributed by atoms with Gasteiger partial charge in [-0.1, -0.05) is 12.2 Å². The van der Waals surface area contributed by atoms with Crippen LogP contribution in [-0.2, 0) is 4.79 Å². The van der Waals surface area contributed by atoms with Crippen LogP contribution < -0.4 is 10.6 Å².